The van der Waals surface area contributed by atoms with E-state index >= 15 is 0 Å². The lowest BCUT2D eigenvalue weighted by atomic mass is 9.99. The van der Waals surface area contributed by atoms with E-state index in [2.05, 4.69) is 50.4 Å². The highest BCUT2D eigenvalue weighted by Crippen LogP contribution is 2.43. The van der Waals surface area contributed by atoms with Crippen LogP contribution in [0.1, 0.15) is 46.9 Å². The smallest absolute Gasteiger partial charge is 0.0340 e. The highest BCUT2D eigenvalue weighted by Gasteiger charge is 2.23. The van der Waals surface area contributed by atoms with Crippen LogP contribution in [0.5, 0.6) is 0 Å². The van der Waals surface area contributed by atoms with Crippen LogP contribution >= 0.6 is 11.3 Å². The van der Waals surface area contributed by atoms with E-state index in [9.17, 15) is 0 Å². The van der Waals surface area contributed by atoms with Crippen molar-refractivity contribution in [3.05, 3.63) is 56.8 Å². The lowest BCUT2D eigenvalue weighted by Gasteiger charge is -2.07. The number of allylic oxidation sites excluding steroid dienone is 2. The number of rotatable bonds is 3. The molecule has 2 aromatic rings. The molecule has 1 aliphatic rings. The van der Waals surface area contributed by atoms with Gasteiger partial charge in [-0.2, -0.15) is 0 Å². The number of aryl methyl sites for hydroxylation is 1. The third-order valence-electron chi connectivity index (χ3n) is 4.13. The summed E-state index contributed by atoms with van der Waals surface area (Å²) in [6.07, 6.45) is 3.53. The SMILES string of the molecule is CCCC1=C(c2scc(C)c2C)Cc2ccccc21. The summed E-state index contributed by atoms with van der Waals surface area (Å²) in [4.78, 5) is 1.51. The van der Waals surface area contributed by atoms with Gasteiger partial charge in [-0.15, -0.1) is 11.3 Å². The minimum absolute atomic E-state index is 1.12. The van der Waals surface area contributed by atoms with Gasteiger partial charge in [0.15, 0.2) is 0 Å². The van der Waals surface area contributed by atoms with Gasteiger partial charge in [-0.25, -0.2) is 0 Å². The molecule has 0 fully saturated rings. The summed E-state index contributed by atoms with van der Waals surface area (Å²) >= 11 is 1.92. The number of benzene rings is 1. The second-order valence-electron chi connectivity index (χ2n) is 5.41. The quantitative estimate of drug-likeness (QED) is 0.676. The van der Waals surface area contributed by atoms with E-state index in [0.717, 1.165) is 6.42 Å². The molecule has 3 rings (SSSR count). The average molecular weight is 268 g/mol. The Kier molecular flexibility index (Phi) is 3.32. The fraction of sp³-hybridized carbons (Fsp3) is 0.333. The molecule has 0 spiro atoms. The normalized spacial score (nSPS) is 14.1. The summed E-state index contributed by atoms with van der Waals surface area (Å²) in [6.45, 7) is 6.76. The van der Waals surface area contributed by atoms with Gasteiger partial charge >= 0.3 is 0 Å². The van der Waals surface area contributed by atoms with Crippen molar-refractivity contribution < 1.29 is 0 Å². The monoisotopic (exact) mass is 268 g/mol. The van der Waals surface area contributed by atoms with Crippen LogP contribution < -0.4 is 0 Å². The predicted octanol–water partition coefficient (Wildman–Crippen LogP) is 5.63. The predicted molar refractivity (Wildman–Crippen MR) is 85.7 cm³/mol. The molecule has 1 heterocycles. The Hall–Kier alpha value is -1.34. The first-order valence-electron chi connectivity index (χ1n) is 7.07. The van der Waals surface area contributed by atoms with Crippen molar-refractivity contribution in [1.82, 2.24) is 0 Å². The summed E-state index contributed by atoms with van der Waals surface area (Å²) in [6, 6.07) is 8.92. The number of hydrogen-bond acceptors (Lipinski definition) is 1. The first-order chi connectivity index (χ1) is 9.22. The van der Waals surface area contributed by atoms with Gasteiger partial charge < -0.3 is 0 Å². The zero-order valence-electron chi connectivity index (χ0n) is 11.9. The Morgan fingerprint density at radius 2 is 1.95 bits per heavy atom. The van der Waals surface area contributed by atoms with Crippen molar-refractivity contribution in [1.29, 1.82) is 0 Å². The van der Waals surface area contributed by atoms with E-state index in [1.807, 2.05) is 11.3 Å². The number of thiophene rings is 1. The van der Waals surface area contributed by atoms with Crippen LogP contribution in [0.15, 0.2) is 29.6 Å². The van der Waals surface area contributed by atoms with Crippen molar-refractivity contribution >= 4 is 22.5 Å². The summed E-state index contributed by atoms with van der Waals surface area (Å²) in [5.74, 6) is 0. The maximum absolute atomic E-state index is 2.30. The van der Waals surface area contributed by atoms with Gasteiger partial charge in [0.05, 0.1) is 0 Å². The lowest BCUT2D eigenvalue weighted by molar-refractivity contribution is 0.976. The second kappa shape index (κ2) is 4.97. The van der Waals surface area contributed by atoms with Crippen LogP contribution in [0.4, 0.5) is 0 Å². The highest BCUT2D eigenvalue weighted by molar-refractivity contribution is 7.11. The van der Waals surface area contributed by atoms with Crippen LogP contribution in [0.2, 0.25) is 0 Å². The molecule has 1 aromatic carbocycles. The van der Waals surface area contributed by atoms with E-state index in [4.69, 9.17) is 0 Å². The van der Waals surface area contributed by atoms with Gasteiger partial charge in [0, 0.05) is 4.88 Å². The molecule has 0 saturated heterocycles. The van der Waals surface area contributed by atoms with Crippen molar-refractivity contribution in [3.63, 3.8) is 0 Å². The van der Waals surface area contributed by atoms with Crippen molar-refractivity contribution in [2.24, 2.45) is 0 Å². The molecular formula is C18H20S. The van der Waals surface area contributed by atoms with E-state index in [0.29, 0.717) is 0 Å². The van der Waals surface area contributed by atoms with Gasteiger partial charge in [-0.3, -0.25) is 0 Å². The van der Waals surface area contributed by atoms with Gasteiger partial charge in [-0.05, 0) is 65.5 Å². The fourth-order valence-electron chi connectivity index (χ4n) is 2.98. The van der Waals surface area contributed by atoms with Gasteiger partial charge in [0.2, 0.25) is 0 Å². The van der Waals surface area contributed by atoms with Crippen LogP contribution in [0.25, 0.3) is 11.1 Å². The van der Waals surface area contributed by atoms with E-state index in [1.54, 1.807) is 11.1 Å². The third kappa shape index (κ3) is 2.06. The van der Waals surface area contributed by atoms with E-state index < -0.39 is 0 Å². The Balaban J connectivity index is 2.14. The van der Waals surface area contributed by atoms with Gasteiger partial charge in [0.1, 0.15) is 0 Å². The zero-order valence-corrected chi connectivity index (χ0v) is 12.7. The molecule has 19 heavy (non-hydrogen) atoms. The Morgan fingerprint density at radius 3 is 2.63 bits per heavy atom. The highest BCUT2D eigenvalue weighted by atomic mass is 32.1. The molecule has 0 amide bonds. The summed E-state index contributed by atoms with van der Waals surface area (Å²) in [5, 5.41) is 2.30. The lowest BCUT2D eigenvalue weighted by Crippen LogP contribution is -1.87. The molecule has 0 saturated carbocycles. The van der Waals surface area contributed by atoms with E-state index in [-0.39, 0.29) is 0 Å². The van der Waals surface area contributed by atoms with Crippen molar-refractivity contribution in [3.8, 4) is 0 Å². The molecule has 98 valence electrons. The van der Waals surface area contributed by atoms with Gasteiger partial charge in [0.25, 0.3) is 0 Å². The number of fused-ring (bicyclic) bond motifs is 1. The average Bonchev–Trinajstić information content (AvgIpc) is 2.93. The summed E-state index contributed by atoms with van der Waals surface area (Å²) in [7, 11) is 0. The molecule has 0 atom stereocenters. The second-order valence-corrected chi connectivity index (χ2v) is 6.29. The fourth-order valence-corrected chi connectivity index (χ4v) is 4.13. The summed E-state index contributed by atoms with van der Waals surface area (Å²) in [5.41, 5.74) is 9.07. The number of hydrogen-bond donors (Lipinski definition) is 0. The van der Waals surface area contributed by atoms with E-state index in [1.165, 1.54) is 40.0 Å². The van der Waals surface area contributed by atoms with Crippen LogP contribution in [-0.4, -0.2) is 0 Å². The molecule has 0 unspecified atom stereocenters. The topological polar surface area (TPSA) is 0 Å². The van der Waals surface area contributed by atoms with Crippen molar-refractivity contribution in [2.45, 2.75) is 40.0 Å². The van der Waals surface area contributed by atoms with Gasteiger partial charge in [-0.1, -0.05) is 37.6 Å². The molecule has 1 heteroatoms. The Labute approximate surface area is 119 Å². The molecule has 0 aliphatic heterocycles. The van der Waals surface area contributed by atoms with Crippen LogP contribution in [0, 0.1) is 13.8 Å². The zero-order chi connectivity index (χ0) is 13.4. The third-order valence-corrected chi connectivity index (χ3v) is 5.39. The molecular weight excluding hydrogens is 248 g/mol. The van der Waals surface area contributed by atoms with Crippen molar-refractivity contribution in [2.75, 3.05) is 0 Å². The van der Waals surface area contributed by atoms with Crippen LogP contribution in [-0.2, 0) is 6.42 Å². The molecule has 1 aromatic heterocycles. The minimum Gasteiger partial charge on any atom is -0.144 e. The first kappa shape index (κ1) is 12.7. The molecule has 0 N–H and O–H groups in total. The summed E-state index contributed by atoms with van der Waals surface area (Å²) < 4.78 is 0. The Morgan fingerprint density at radius 1 is 1.16 bits per heavy atom. The first-order valence-corrected chi connectivity index (χ1v) is 7.95. The standard InChI is InChI=1S/C18H20S/c1-4-7-16-15-9-6-5-8-14(15)10-17(16)18-13(3)12(2)11-19-18/h5-6,8-9,11H,4,7,10H2,1-3H3. The molecule has 1 aliphatic carbocycles. The largest absolute Gasteiger partial charge is 0.144 e. The Bertz CT molecular complexity index is 643. The molecule has 0 radical (unpaired) electrons. The molecule has 0 nitrogen and oxygen atoms in total. The minimum atomic E-state index is 1.12. The molecule has 0 bridgehead atoms. The van der Waals surface area contributed by atoms with Crippen LogP contribution in [0.3, 0.4) is 0 Å². The maximum atomic E-state index is 2.30. The maximum Gasteiger partial charge on any atom is 0.0340 e.